The van der Waals surface area contributed by atoms with Gasteiger partial charge >= 0.3 is 11.9 Å². The first-order chi connectivity index (χ1) is 13.4. The number of nitrogens with zero attached hydrogens (tertiary/aromatic N) is 1. The van der Waals surface area contributed by atoms with Gasteiger partial charge in [-0.1, -0.05) is 26.2 Å². The number of rotatable bonds is 10. The maximum Gasteiger partial charge on any atom is 0.334 e. The number of aliphatic hydroxyl groups excluding tert-OH is 1. The molecule has 0 saturated carbocycles. The largest absolute Gasteiger partial charge is 0.461 e. The number of hydrogen-bond donors (Lipinski definition) is 1. The highest BCUT2D eigenvalue weighted by Gasteiger charge is 2.44. The SMILES string of the molecule is CCCCCCC(=O)OCC1(CO)C/C(=C/c2ccc([N+](=O)[O-])cc2)C(=O)O1. The number of nitro groups is 1. The van der Waals surface area contributed by atoms with Gasteiger partial charge in [-0.3, -0.25) is 14.9 Å². The highest BCUT2D eigenvalue weighted by Crippen LogP contribution is 2.32. The second-order valence-corrected chi connectivity index (χ2v) is 6.90. The Morgan fingerprint density at radius 2 is 2.04 bits per heavy atom. The third-order valence-corrected chi connectivity index (χ3v) is 4.55. The Morgan fingerprint density at radius 3 is 2.64 bits per heavy atom. The number of cyclic esters (lactones) is 1. The lowest BCUT2D eigenvalue weighted by Crippen LogP contribution is -2.39. The van der Waals surface area contributed by atoms with Crippen molar-refractivity contribution in [3.63, 3.8) is 0 Å². The minimum Gasteiger partial charge on any atom is -0.461 e. The molecule has 8 heteroatoms. The van der Waals surface area contributed by atoms with E-state index in [4.69, 9.17) is 9.47 Å². The fraction of sp³-hybridized carbons (Fsp3) is 0.500. The molecule has 1 heterocycles. The van der Waals surface area contributed by atoms with E-state index in [1.54, 1.807) is 6.08 Å². The molecule has 0 amide bonds. The van der Waals surface area contributed by atoms with Gasteiger partial charge in [0.05, 0.1) is 11.5 Å². The van der Waals surface area contributed by atoms with E-state index in [0.717, 1.165) is 25.7 Å². The van der Waals surface area contributed by atoms with E-state index >= 15 is 0 Å². The van der Waals surface area contributed by atoms with Crippen molar-refractivity contribution in [2.45, 2.75) is 51.0 Å². The van der Waals surface area contributed by atoms with Gasteiger partial charge < -0.3 is 14.6 Å². The summed E-state index contributed by atoms with van der Waals surface area (Å²) in [5.41, 5.74) is -0.434. The number of benzene rings is 1. The molecule has 2 rings (SSSR count). The molecule has 0 radical (unpaired) electrons. The third-order valence-electron chi connectivity index (χ3n) is 4.55. The molecular weight excluding hydrogens is 366 g/mol. The Morgan fingerprint density at radius 1 is 1.32 bits per heavy atom. The minimum absolute atomic E-state index is 0.0493. The lowest BCUT2D eigenvalue weighted by Gasteiger charge is -2.24. The molecule has 0 aliphatic carbocycles. The summed E-state index contributed by atoms with van der Waals surface area (Å²) in [4.78, 5) is 34.2. The first-order valence-corrected chi connectivity index (χ1v) is 9.34. The molecule has 0 bridgehead atoms. The van der Waals surface area contributed by atoms with Crippen molar-refractivity contribution in [1.82, 2.24) is 0 Å². The monoisotopic (exact) mass is 391 g/mol. The molecule has 1 aliphatic rings. The van der Waals surface area contributed by atoms with Crippen molar-refractivity contribution < 1.29 is 29.1 Å². The normalized spacial score (nSPS) is 20.2. The predicted molar refractivity (Wildman–Crippen MR) is 101 cm³/mol. The molecular formula is C20H25NO7. The number of aliphatic hydroxyl groups is 1. The molecule has 1 unspecified atom stereocenters. The Bertz CT molecular complexity index is 741. The Kier molecular flexibility index (Phi) is 7.69. The van der Waals surface area contributed by atoms with Crippen LogP contribution in [0.5, 0.6) is 0 Å². The summed E-state index contributed by atoms with van der Waals surface area (Å²) in [6.45, 7) is 1.40. The van der Waals surface area contributed by atoms with Crippen molar-refractivity contribution in [1.29, 1.82) is 0 Å². The van der Waals surface area contributed by atoms with Crippen LogP contribution in [0.2, 0.25) is 0 Å². The zero-order chi connectivity index (χ0) is 20.6. The smallest absolute Gasteiger partial charge is 0.334 e. The van der Waals surface area contributed by atoms with E-state index in [9.17, 15) is 24.8 Å². The number of carbonyl (C=O) groups excluding carboxylic acids is 2. The molecule has 1 aromatic rings. The lowest BCUT2D eigenvalue weighted by atomic mass is 9.98. The maximum absolute atomic E-state index is 12.2. The molecule has 0 aromatic heterocycles. The fourth-order valence-corrected chi connectivity index (χ4v) is 2.92. The van der Waals surface area contributed by atoms with E-state index in [1.165, 1.54) is 24.3 Å². The number of unbranched alkanes of at least 4 members (excludes halogenated alkanes) is 3. The summed E-state index contributed by atoms with van der Waals surface area (Å²) in [6.07, 6.45) is 5.75. The van der Waals surface area contributed by atoms with E-state index in [0.29, 0.717) is 17.6 Å². The minimum atomic E-state index is -1.29. The van der Waals surface area contributed by atoms with Crippen LogP contribution < -0.4 is 0 Å². The van der Waals surface area contributed by atoms with Crippen LogP contribution in [0.4, 0.5) is 5.69 Å². The number of ether oxygens (including phenoxy) is 2. The maximum atomic E-state index is 12.2. The van der Waals surface area contributed by atoms with Gasteiger partial charge in [-0.15, -0.1) is 0 Å². The number of esters is 2. The molecule has 152 valence electrons. The van der Waals surface area contributed by atoms with Crippen LogP contribution in [0.3, 0.4) is 0 Å². The summed E-state index contributed by atoms with van der Waals surface area (Å²) in [5, 5.41) is 20.4. The second-order valence-electron chi connectivity index (χ2n) is 6.90. The molecule has 1 fully saturated rings. The summed E-state index contributed by atoms with van der Waals surface area (Å²) in [7, 11) is 0. The van der Waals surface area contributed by atoms with Gasteiger partial charge in [-0.25, -0.2) is 4.79 Å². The molecule has 1 atom stereocenters. The van der Waals surface area contributed by atoms with Crippen molar-refractivity contribution in [2.24, 2.45) is 0 Å². The molecule has 1 aromatic carbocycles. The lowest BCUT2D eigenvalue weighted by molar-refractivity contribution is -0.384. The van der Waals surface area contributed by atoms with Gasteiger partial charge in [-0.2, -0.15) is 0 Å². The van der Waals surface area contributed by atoms with Gasteiger partial charge in [0.15, 0.2) is 5.60 Å². The van der Waals surface area contributed by atoms with Gasteiger partial charge in [0.25, 0.3) is 5.69 Å². The third kappa shape index (κ3) is 5.88. The van der Waals surface area contributed by atoms with Crippen molar-refractivity contribution >= 4 is 23.7 Å². The molecule has 28 heavy (non-hydrogen) atoms. The van der Waals surface area contributed by atoms with E-state index in [-0.39, 0.29) is 24.7 Å². The highest BCUT2D eigenvalue weighted by molar-refractivity contribution is 5.96. The van der Waals surface area contributed by atoms with Crippen molar-refractivity contribution in [3.05, 3.63) is 45.5 Å². The van der Waals surface area contributed by atoms with Crippen LogP contribution in [-0.2, 0) is 19.1 Å². The zero-order valence-corrected chi connectivity index (χ0v) is 15.9. The highest BCUT2D eigenvalue weighted by atomic mass is 16.6. The van der Waals surface area contributed by atoms with Crippen LogP contribution in [0.25, 0.3) is 6.08 Å². The average Bonchev–Trinajstić information content (AvgIpc) is 3.00. The van der Waals surface area contributed by atoms with E-state index < -0.39 is 23.1 Å². The first-order valence-electron chi connectivity index (χ1n) is 9.34. The number of nitro benzene ring substituents is 1. The molecule has 1 N–H and O–H groups in total. The summed E-state index contributed by atoms with van der Waals surface area (Å²) < 4.78 is 10.5. The number of carbonyl (C=O) groups is 2. The standard InChI is InChI=1S/C20H25NO7/c1-2-3-4-5-6-18(23)27-14-20(13-22)12-16(19(24)28-20)11-15-7-9-17(10-8-15)21(25)26/h7-11,22H,2-6,12-14H2,1H3/b16-11-. The molecule has 1 aliphatic heterocycles. The van der Waals surface area contributed by atoms with Gasteiger partial charge in [0.1, 0.15) is 6.61 Å². The van der Waals surface area contributed by atoms with Gasteiger partial charge in [0, 0.05) is 30.5 Å². The van der Waals surface area contributed by atoms with Gasteiger partial charge in [-0.05, 0) is 30.2 Å². The molecule has 8 nitrogen and oxygen atoms in total. The van der Waals surface area contributed by atoms with Crippen LogP contribution in [0.15, 0.2) is 29.8 Å². The Labute approximate surface area is 163 Å². The van der Waals surface area contributed by atoms with E-state index in [2.05, 4.69) is 6.92 Å². The van der Waals surface area contributed by atoms with Crippen LogP contribution >= 0.6 is 0 Å². The van der Waals surface area contributed by atoms with Crippen molar-refractivity contribution in [2.75, 3.05) is 13.2 Å². The van der Waals surface area contributed by atoms with Crippen molar-refractivity contribution in [3.8, 4) is 0 Å². The molecule has 0 spiro atoms. The predicted octanol–water partition coefficient (Wildman–Crippen LogP) is 3.17. The number of hydrogen-bond acceptors (Lipinski definition) is 7. The topological polar surface area (TPSA) is 116 Å². The van der Waals surface area contributed by atoms with E-state index in [1.807, 2.05) is 0 Å². The summed E-state index contributed by atoms with van der Waals surface area (Å²) >= 11 is 0. The van der Waals surface area contributed by atoms with Crippen LogP contribution in [-0.4, -0.2) is 40.8 Å². The van der Waals surface area contributed by atoms with Crippen LogP contribution in [0.1, 0.15) is 51.0 Å². The zero-order valence-electron chi connectivity index (χ0n) is 15.9. The average molecular weight is 391 g/mol. The Balaban J connectivity index is 1.97. The van der Waals surface area contributed by atoms with Crippen LogP contribution in [0, 0.1) is 10.1 Å². The first kappa shape index (κ1) is 21.6. The van der Waals surface area contributed by atoms with Gasteiger partial charge in [0.2, 0.25) is 0 Å². The fourth-order valence-electron chi connectivity index (χ4n) is 2.92. The summed E-state index contributed by atoms with van der Waals surface area (Å²) in [6, 6.07) is 5.72. The molecule has 1 saturated heterocycles. The number of non-ortho nitro benzene ring substituents is 1. The Hall–Kier alpha value is -2.74. The second kappa shape index (κ2) is 9.98. The quantitative estimate of drug-likeness (QED) is 0.214. The summed E-state index contributed by atoms with van der Waals surface area (Å²) in [5.74, 6) is -0.987.